The molecule has 1 saturated heterocycles. The van der Waals surface area contributed by atoms with Crippen LogP contribution in [0.3, 0.4) is 0 Å². The summed E-state index contributed by atoms with van der Waals surface area (Å²) in [6.45, 7) is 0. The van der Waals surface area contributed by atoms with E-state index in [1.165, 1.54) is 0 Å². The predicted molar refractivity (Wildman–Crippen MR) is 29.1 cm³/mol. The first-order valence-electron chi connectivity index (χ1n) is 1.84. The highest BCUT2D eigenvalue weighted by Crippen LogP contribution is 2.35. The van der Waals surface area contributed by atoms with Gasteiger partial charge in [0.25, 0.3) is 0 Å². The molecule has 1 fully saturated rings. The van der Waals surface area contributed by atoms with Crippen molar-refractivity contribution in [2.75, 3.05) is 7.11 Å². The number of ether oxygens (including phenoxy) is 2. The summed E-state index contributed by atoms with van der Waals surface area (Å²) in [4.78, 5) is 0. The molecule has 0 aromatic carbocycles. The second-order valence-electron chi connectivity index (χ2n) is 1.20. The number of halogens is 1. The molecule has 0 amide bonds. The summed E-state index contributed by atoms with van der Waals surface area (Å²) in [6.07, 6.45) is -0.0532. The van der Waals surface area contributed by atoms with Gasteiger partial charge >= 0.3 is 0 Å². The normalized spacial score (nSPS) is 38.6. The molecule has 0 spiro atoms. The van der Waals surface area contributed by atoms with E-state index in [0.29, 0.717) is 0 Å². The van der Waals surface area contributed by atoms with Crippen LogP contribution in [0.15, 0.2) is 0 Å². The van der Waals surface area contributed by atoms with Crippen LogP contribution in [0.4, 0.5) is 0 Å². The smallest absolute Gasteiger partial charge is 0.195 e. The fraction of sp³-hybridized carbons (Fsp3) is 1.00. The van der Waals surface area contributed by atoms with Crippen molar-refractivity contribution in [2.24, 2.45) is 0 Å². The summed E-state index contributed by atoms with van der Waals surface area (Å²) >= 11 is 0. The Morgan fingerprint density at radius 3 is 2.71 bits per heavy atom. The standard InChI is InChI=1S/C3H5ClO2S/c1-5-2-3(6-2)7-4/h2-3H,1H3. The molecule has 0 aliphatic carbocycles. The van der Waals surface area contributed by atoms with Gasteiger partial charge in [0.2, 0.25) is 0 Å². The van der Waals surface area contributed by atoms with Gasteiger partial charge in [0, 0.05) is 7.11 Å². The molecule has 42 valence electrons. The van der Waals surface area contributed by atoms with Gasteiger partial charge in [-0.3, -0.25) is 0 Å². The molecule has 2 atom stereocenters. The fourth-order valence-corrected chi connectivity index (χ4v) is 1.04. The van der Waals surface area contributed by atoms with E-state index in [1.807, 2.05) is 0 Å². The van der Waals surface area contributed by atoms with Gasteiger partial charge in [-0.15, -0.1) is 0 Å². The minimum atomic E-state index is -0.0532. The minimum absolute atomic E-state index is 0.0532. The highest BCUT2D eigenvalue weighted by atomic mass is 35.7. The van der Waals surface area contributed by atoms with Crippen LogP contribution in [0.25, 0.3) is 0 Å². The summed E-state index contributed by atoms with van der Waals surface area (Å²) in [7, 11) is 8.03. The maximum Gasteiger partial charge on any atom is 0.195 e. The van der Waals surface area contributed by atoms with E-state index in [9.17, 15) is 0 Å². The average molecular weight is 141 g/mol. The van der Waals surface area contributed by atoms with Crippen LogP contribution < -0.4 is 0 Å². The molecule has 1 rings (SSSR count). The number of methoxy groups -OCH3 is 1. The molecule has 0 bridgehead atoms. The number of hydrogen-bond acceptors (Lipinski definition) is 3. The Kier molecular flexibility index (Phi) is 1.80. The second kappa shape index (κ2) is 2.22. The topological polar surface area (TPSA) is 21.8 Å². The van der Waals surface area contributed by atoms with Crippen molar-refractivity contribution in [3.8, 4) is 0 Å². The maximum atomic E-state index is 5.28. The lowest BCUT2D eigenvalue weighted by Gasteiger charge is -1.80. The van der Waals surface area contributed by atoms with Crippen LogP contribution in [0.2, 0.25) is 0 Å². The molecule has 2 nitrogen and oxygen atoms in total. The van der Waals surface area contributed by atoms with Gasteiger partial charge in [0.1, 0.15) is 0 Å². The second-order valence-corrected chi connectivity index (χ2v) is 2.37. The average Bonchev–Trinajstić information content (AvgIpc) is 2.43. The van der Waals surface area contributed by atoms with Gasteiger partial charge in [-0.05, 0) is 21.7 Å². The Balaban J connectivity index is 2.06. The first kappa shape index (κ1) is 5.69. The van der Waals surface area contributed by atoms with E-state index >= 15 is 0 Å². The van der Waals surface area contributed by atoms with Crippen molar-refractivity contribution in [1.29, 1.82) is 0 Å². The molecule has 0 saturated carbocycles. The molecule has 0 radical (unpaired) electrons. The van der Waals surface area contributed by atoms with Gasteiger partial charge in [-0.2, -0.15) is 0 Å². The van der Waals surface area contributed by atoms with Crippen LogP contribution in [0, 0.1) is 0 Å². The molecular formula is C3H5ClO2S. The third kappa shape index (κ3) is 1.22. The Morgan fingerprint density at radius 2 is 2.57 bits per heavy atom. The highest BCUT2D eigenvalue weighted by Gasteiger charge is 2.39. The van der Waals surface area contributed by atoms with E-state index in [0.717, 1.165) is 11.0 Å². The lowest BCUT2D eigenvalue weighted by molar-refractivity contribution is 0.0950. The lowest BCUT2D eigenvalue weighted by Crippen LogP contribution is -1.88. The van der Waals surface area contributed by atoms with Crippen LogP contribution in [0.5, 0.6) is 0 Å². The summed E-state index contributed by atoms with van der Waals surface area (Å²) in [6, 6.07) is 0. The van der Waals surface area contributed by atoms with E-state index in [1.54, 1.807) is 7.11 Å². The highest BCUT2D eigenvalue weighted by molar-refractivity contribution is 8.21. The number of epoxide rings is 1. The van der Waals surface area contributed by atoms with Crippen molar-refractivity contribution in [3.63, 3.8) is 0 Å². The summed E-state index contributed by atoms with van der Waals surface area (Å²) in [5, 5.41) is 0. The quantitative estimate of drug-likeness (QED) is 0.538. The molecule has 2 unspecified atom stereocenters. The molecule has 1 aliphatic rings. The number of rotatable bonds is 2. The van der Waals surface area contributed by atoms with Gasteiger partial charge in [0.15, 0.2) is 11.7 Å². The Hall–Kier alpha value is 0.560. The molecule has 1 heterocycles. The molecular weight excluding hydrogens is 136 g/mol. The first-order chi connectivity index (χ1) is 3.38. The Bertz CT molecular complexity index is 62.0. The monoisotopic (exact) mass is 140 g/mol. The molecule has 4 heteroatoms. The fourth-order valence-electron chi connectivity index (χ4n) is 0.316. The lowest BCUT2D eigenvalue weighted by atomic mass is 10.9. The number of hydrogen-bond donors (Lipinski definition) is 0. The molecule has 0 aromatic heterocycles. The van der Waals surface area contributed by atoms with Gasteiger partial charge < -0.3 is 9.47 Å². The summed E-state index contributed by atoms with van der Waals surface area (Å²) in [5.74, 6) is 0. The van der Waals surface area contributed by atoms with Crippen molar-refractivity contribution in [3.05, 3.63) is 0 Å². The van der Waals surface area contributed by atoms with Gasteiger partial charge in [-0.1, -0.05) is 0 Å². The van der Waals surface area contributed by atoms with E-state index in [2.05, 4.69) is 0 Å². The van der Waals surface area contributed by atoms with Crippen molar-refractivity contribution >= 4 is 21.7 Å². The molecule has 1 aliphatic heterocycles. The Labute approximate surface area is 50.6 Å². The predicted octanol–water partition coefficient (Wildman–Crippen LogP) is 1.20. The van der Waals surface area contributed by atoms with Crippen LogP contribution in [-0.2, 0) is 9.47 Å². The maximum absolute atomic E-state index is 5.28. The van der Waals surface area contributed by atoms with Crippen molar-refractivity contribution in [1.82, 2.24) is 0 Å². The summed E-state index contributed by atoms with van der Waals surface area (Å²) < 4.78 is 9.56. The zero-order chi connectivity index (χ0) is 5.28. The van der Waals surface area contributed by atoms with E-state index in [-0.39, 0.29) is 11.7 Å². The van der Waals surface area contributed by atoms with Gasteiger partial charge in [0.05, 0.1) is 0 Å². The minimum Gasteiger partial charge on any atom is -0.352 e. The molecule has 0 aromatic rings. The SMILES string of the molecule is COC1OC1SCl. The zero-order valence-electron chi connectivity index (χ0n) is 3.76. The van der Waals surface area contributed by atoms with E-state index < -0.39 is 0 Å². The van der Waals surface area contributed by atoms with Crippen LogP contribution in [0.1, 0.15) is 0 Å². The van der Waals surface area contributed by atoms with E-state index in [4.69, 9.17) is 20.2 Å². The first-order valence-corrected chi connectivity index (χ1v) is 3.54. The van der Waals surface area contributed by atoms with Crippen molar-refractivity contribution < 1.29 is 9.47 Å². The molecule has 0 N–H and O–H groups in total. The summed E-state index contributed by atoms with van der Waals surface area (Å²) in [5.41, 5.74) is 0.0756. The third-order valence-corrected chi connectivity index (χ3v) is 1.77. The van der Waals surface area contributed by atoms with Crippen molar-refractivity contribution in [2.45, 2.75) is 11.7 Å². The zero-order valence-corrected chi connectivity index (χ0v) is 5.33. The van der Waals surface area contributed by atoms with Gasteiger partial charge in [-0.25, -0.2) is 0 Å². The van der Waals surface area contributed by atoms with Crippen LogP contribution >= 0.6 is 21.7 Å². The Morgan fingerprint density at radius 1 is 1.86 bits per heavy atom. The molecule has 7 heavy (non-hydrogen) atoms. The largest absolute Gasteiger partial charge is 0.352 e. The third-order valence-electron chi connectivity index (χ3n) is 0.734. The van der Waals surface area contributed by atoms with Crippen LogP contribution in [-0.4, -0.2) is 18.8 Å².